The Kier molecular flexibility index (Phi) is 8.37. The smallest absolute Gasteiger partial charge is 0.291 e. The first-order valence-corrected chi connectivity index (χ1v) is 9.12. The average Bonchev–Trinajstić information content (AvgIpc) is 2.66. The monoisotopic (exact) mass is 364 g/mol. The molecule has 1 saturated heterocycles. The fourth-order valence-electron chi connectivity index (χ4n) is 2.50. The number of nitrogens with one attached hydrogen (secondary N) is 2. The van der Waals surface area contributed by atoms with Crippen molar-refractivity contribution in [2.24, 2.45) is 10.9 Å². The molecule has 0 aromatic heterocycles. The lowest BCUT2D eigenvalue weighted by atomic mass is 10.2. The second-order valence-corrected chi connectivity index (χ2v) is 6.69. The third kappa shape index (κ3) is 7.01. The topological polar surface area (TPSA) is 73.6 Å². The number of methoxy groups -OCH3 is 1. The van der Waals surface area contributed by atoms with Gasteiger partial charge < -0.3 is 19.1 Å². The Labute approximate surface area is 155 Å². The number of nitrogens with zero attached hydrogens (tertiary/aromatic N) is 1. The zero-order valence-electron chi connectivity index (χ0n) is 15.9. The van der Waals surface area contributed by atoms with Crippen LogP contribution in [-0.2, 0) is 9.47 Å². The molecule has 1 aliphatic rings. The summed E-state index contributed by atoms with van der Waals surface area (Å²) < 4.78 is 16.2. The van der Waals surface area contributed by atoms with Crippen molar-refractivity contribution >= 4 is 11.9 Å². The molecule has 0 unspecified atom stereocenters. The summed E-state index contributed by atoms with van der Waals surface area (Å²) in [6.45, 7) is 9.70. The lowest BCUT2D eigenvalue weighted by Gasteiger charge is -2.23. The molecule has 1 aliphatic heterocycles. The number of hydrogen-bond donors (Lipinski definition) is 2. The van der Waals surface area contributed by atoms with Crippen LogP contribution in [-0.4, -0.2) is 65.0 Å². The fraction of sp³-hybridized carbons (Fsp3) is 0.579. The summed E-state index contributed by atoms with van der Waals surface area (Å²) >= 11 is 0. The molecule has 1 aromatic carbocycles. The van der Waals surface area contributed by atoms with E-state index in [0.717, 1.165) is 32.8 Å². The predicted octanol–water partition coefficient (Wildman–Crippen LogP) is 0.369. The average molecular weight is 364 g/mol. The zero-order chi connectivity index (χ0) is 18.8. The Morgan fingerprint density at radius 2 is 1.96 bits per heavy atom. The second kappa shape index (κ2) is 10.8. The number of quaternary nitrogens is 1. The van der Waals surface area contributed by atoms with Crippen LogP contribution in [0.15, 0.2) is 29.3 Å². The molecule has 2 rings (SSSR count). The van der Waals surface area contributed by atoms with Crippen molar-refractivity contribution in [3.05, 3.63) is 29.8 Å². The van der Waals surface area contributed by atoms with Gasteiger partial charge >= 0.3 is 0 Å². The van der Waals surface area contributed by atoms with E-state index in [1.54, 1.807) is 31.4 Å². The molecule has 0 atom stereocenters. The van der Waals surface area contributed by atoms with E-state index in [1.165, 1.54) is 4.90 Å². The Bertz CT molecular complexity index is 581. The summed E-state index contributed by atoms with van der Waals surface area (Å²) in [5.41, 5.74) is 0.533. The van der Waals surface area contributed by atoms with E-state index in [2.05, 4.69) is 24.2 Å². The van der Waals surface area contributed by atoms with Crippen molar-refractivity contribution in [2.75, 3.05) is 53.1 Å². The number of morpholine rings is 1. The van der Waals surface area contributed by atoms with E-state index in [0.29, 0.717) is 30.4 Å². The molecule has 144 valence electrons. The minimum Gasteiger partial charge on any atom is -0.497 e. The fourth-order valence-corrected chi connectivity index (χ4v) is 2.50. The summed E-state index contributed by atoms with van der Waals surface area (Å²) in [4.78, 5) is 18.4. The third-order valence-electron chi connectivity index (χ3n) is 4.05. The highest BCUT2D eigenvalue weighted by molar-refractivity contribution is 6.04. The molecule has 0 spiro atoms. The van der Waals surface area contributed by atoms with Gasteiger partial charge in [-0.3, -0.25) is 10.1 Å². The van der Waals surface area contributed by atoms with Gasteiger partial charge in [-0.25, -0.2) is 4.99 Å². The molecule has 0 radical (unpaired) electrons. The van der Waals surface area contributed by atoms with E-state index < -0.39 is 0 Å². The van der Waals surface area contributed by atoms with Crippen molar-refractivity contribution in [3.63, 3.8) is 0 Å². The van der Waals surface area contributed by atoms with Crippen molar-refractivity contribution in [1.82, 2.24) is 5.32 Å². The highest BCUT2D eigenvalue weighted by Crippen LogP contribution is 2.11. The van der Waals surface area contributed by atoms with Crippen LogP contribution in [0.3, 0.4) is 0 Å². The van der Waals surface area contributed by atoms with Gasteiger partial charge in [0.1, 0.15) is 18.8 Å². The summed E-state index contributed by atoms with van der Waals surface area (Å²) in [6.07, 6.45) is 0. The SMILES string of the molecule is COc1ccc(C(=O)NC(=NCC[NH+]2CCOCC2)OCC(C)C)cc1. The summed E-state index contributed by atoms with van der Waals surface area (Å²) in [5, 5.41) is 2.78. The van der Waals surface area contributed by atoms with Gasteiger partial charge in [-0.2, -0.15) is 0 Å². The van der Waals surface area contributed by atoms with Gasteiger partial charge in [0, 0.05) is 5.56 Å². The normalized spacial score (nSPS) is 15.8. The molecule has 26 heavy (non-hydrogen) atoms. The quantitative estimate of drug-likeness (QED) is 0.542. The highest BCUT2D eigenvalue weighted by Gasteiger charge is 2.14. The Morgan fingerprint density at radius 3 is 2.58 bits per heavy atom. The standard InChI is InChI=1S/C19H29N3O4/c1-15(2)14-26-19(20-8-9-22-10-12-25-13-11-22)21-18(23)16-4-6-17(24-3)7-5-16/h4-7,15H,8-14H2,1-3H3,(H,20,21,23)/p+1. The third-order valence-corrected chi connectivity index (χ3v) is 4.05. The molecule has 2 N–H and O–H groups in total. The largest absolute Gasteiger partial charge is 0.497 e. The van der Waals surface area contributed by atoms with Crippen LogP contribution in [0.1, 0.15) is 24.2 Å². The molecule has 1 amide bonds. The molecule has 0 aliphatic carbocycles. The Hall–Kier alpha value is -2.12. The summed E-state index contributed by atoms with van der Waals surface area (Å²) in [6, 6.07) is 7.22. The van der Waals surface area contributed by atoms with Gasteiger partial charge in [-0.1, -0.05) is 13.8 Å². The first-order chi connectivity index (χ1) is 12.6. The number of amides is 1. The van der Waals surface area contributed by atoms with Crippen LogP contribution >= 0.6 is 0 Å². The molecular formula is C19H30N3O4+. The van der Waals surface area contributed by atoms with E-state index in [1.807, 2.05) is 0 Å². The first kappa shape index (κ1) is 20.2. The Morgan fingerprint density at radius 1 is 1.27 bits per heavy atom. The van der Waals surface area contributed by atoms with Crippen molar-refractivity contribution in [2.45, 2.75) is 13.8 Å². The maximum Gasteiger partial charge on any atom is 0.291 e. The van der Waals surface area contributed by atoms with Crippen LogP contribution < -0.4 is 15.0 Å². The maximum atomic E-state index is 12.4. The summed E-state index contributed by atoms with van der Waals surface area (Å²) in [7, 11) is 1.59. The van der Waals surface area contributed by atoms with Crippen molar-refractivity contribution in [1.29, 1.82) is 0 Å². The van der Waals surface area contributed by atoms with Crippen molar-refractivity contribution in [3.8, 4) is 5.75 Å². The molecule has 7 nitrogen and oxygen atoms in total. The van der Waals surface area contributed by atoms with Gasteiger partial charge in [0.15, 0.2) is 0 Å². The van der Waals surface area contributed by atoms with Gasteiger partial charge in [0.05, 0.1) is 40.0 Å². The molecule has 0 saturated carbocycles. The number of aliphatic imine (C=N–C) groups is 1. The molecule has 1 fully saturated rings. The van der Waals surface area contributed by atoms with E-state index in [9.17, 15) is 4.79 Å². The lowest BCUT2D eigenvalue weighted by molar-refractivity contribution is -0.906. The number of rotatable bonds is 7. The van der Waals surface area contributed by atoms with Gasteiger partial charge in [0.2, 0.25) is 0 Å². The van der Waals surface area contributed by atoms with Crippen LogP contribution in [0.25, 0.3) is 0 Å². The van der Waals surface area contributed by atoms with Crippen LogP contribution in [0.2, 0.25) is 0 Å². The predicted molar refractivity (Wildman–Crippen MR) is 99.9 cm³/mol. The number of amidine groups is 1. The minimum absolute atomic E-state index is 0.242. The van der Waals surface area contributed by atoms with Gasteiger partial charge in [0.25, 0.3) is 11.9 Å². The first-order valence-electron chi connectivity index (χ1n) is 9.12. The van der Waals surface area contributed by atoms with Crippen LogP contribution in [0.5, 0.6) is 5.75 Å². The Balaban J connectivity index is 1.93. The van der Waals surface area contributed by atoms with E-state index in [4.69, 9.17) is 14.2 Å². The van der Waals surface area contributed by atoms with Gasteiger partial charge in [-0.15, -0.1) is 0 Å². The van der Waals surface area contributed by atoms with Crippen molar-refractivity contribution < 1.29 is 23.9 Å². The zero-order valence-corrected chi connectivity index (χ0v) is 15.9. The minimum atomic E-state index is -0.242. The number of carbonyl (C=O) groups is 1. The number of hydrogen-bond acceptors (Lipinski definition) is 5. The molecule has 7 heteroatoms. The molecule has 0 bridgehead atoms. The van der Waals surface area contributed by atoms with E-state index >= 15 is 0 Å². The summed E-state index contributed by atoms with van der Waals surface area (Å²) in [5.74, 6) is 0.817. The second-order valence-electron chi connectivity index (χ2n) is 6.69. The maximum absolute atomic E-state index is 12.4. The highest BCUT2D eigenvalue weighted by atomic mass is 16.5. The van der Waals surface area contributed by atoms with Crippen LogP contribution in [0, 0.1) is 5.92 Å². The number of ether oxygens (including phenoxy) is 3. The molecule has 1 heterocycles. The number of benzene rings is 1. The molecule has 1 aromatic rings. The lowest BCUT2D eigenvalue weighted by Crippen LogP contribution is -3.14. The van der Waals surface area contributed by atoms with Crippen LogP contribution in [0.4, 0.5) is 0 Å². The van der Waals surface area contributed by atoms with Gasteiger partial charge in [-0.05, 0) is 30.2 Å². The van der Waals surface area contributed by atoms with E-state index in [-0.39, 0.29) is 11.9 Å². The molecular weight excluding hydrogens is 334 g/mol. The number of carbonyl (C=O) groups excluding carboxylic acids is 1.